The van der Waals surface area contributed by atoms with E-state index in [4.69, 9.17) is 9.47 Å². The summed E-state index contributed by atoms with van der Waals surface area (Å²) in [7, 11) is -3.86. The van der Waals surface area contributed by atoms with Crippen molar-refractivity contribution in [2.45, 2.75) is 70.9 Å². The summed E-state index contributed by atoms with van der Waals surface area (Å²) in [4.78, 5) is 40.6. The number of amides is 2. The molecule has 2 aliphatic heterocycles. The van der Waals surface area contributed by atoms with Crippen LogP contribution in [0.1, 0.15) is 58.6 Å². The molecule has 2 aliphatic rings. The summed E-state index contributed by atoms with van der Waals surface area (Å²) in [6.45, 7) is 10.0. The summed E-state index contributed by atoms with van der Waals surface area (Å²) in [5, 5.41) is 0. The van der Waals surface area contributed by atoms with E-state index in [1.54, 1.807) is 50.8 Å². The van der Waals surface area contributed by atoms with Crippen LogP contribution in [0.15, 0.2) is 23.1 Å². The van der Waals surface area contributed by atoms with Crippen LogP contribution in [0.25, 0.3) is 0 Å². The van der Waals surface area contributed by atoms with Crippen LogP contribution in [-0.2, 0) is 41.9 Å². The molecule has 0 aromatic heterocycles. The molecule has 0 unspecified atom stereocenters. The number of esters is 1. The van der Waals surface area contributed by atoms with Gasteiger partial charge in [0.15, 0.2) is 9.84 Å². The van der Waals surface area contributed by atoms with Gasteiger partial charge in [0.05, 0.1) is 22.7 Å². The number of nitrogens with zero attached hydrogens (tertiary/aromatic N) is 2. The Morgan fingerprint density at radius 2 is 1.69 bits per heavy atom. The number of fused-ring (bicyclic) bond motifs is 1. The molecule has 3 rings (SSSR count). The highest BCUT2D eigenvalue weighted by atomic mass is 32.2. The van der Waals surface area contributed by atoms with Gasteiger partial charge in [0.1, 0.15) is 5.60 Å². The zero-order chi connectivity index (χ0) is 26.0. The van der Waals surface area contributed by atoms with Crippen molar-refractivity contribution in [3.63, 3.8) is 0 Å². The van der Waals surface area contributed by atoms with E-state index >= 15 is 0 Å². The summed E-state index contributed by atoms with van der Waals surface area (Å²) in [5.41, 5.74) is -0.0838. The molecule has 0 atom stereocenters. The molecule has 0 bridgehead atoms. The molecule has 0 aliphatic carbocycles. The fourth-order valence-electron chi connectivity index (χ4n) is 4.58. The largest absolute Gasteiger partial charge is 0.466 e. The molecule has 0 N–H and O–H groups in total. The summed E-state index contributed by atoms with van der Waals surface area (Å²) in [6.07, 6.45) is 0.506. The van der Waals surface area contributed by atoms with Crippen LogP contribution in [0.3, 0.4) is 0 Å². The summed E-state index contributed by atoms with van der Waals surface area (Å²) < 4.78 is 37.8. The molecule has 9 nitrogen and oxygen atoms in total. The number of ether oxygens (including phenoxy) is 2. The second-order valence-corrected chi connectivity index (χ2v) is 12.3. The van der Waals surface area contributed by atoms with Gasteiger partial charge in [0.25, 0.3) is 0 Å². The number of piperidine rings is 1. The summed E-state index contributed by atoms with van der Waals surface area (Å²) >= 11 is 0. The van der Waals surface area contributed by atoms with Crippen molar-refractivity contribution < 1.29 is 32.3 Å². The standard InChI is InChI=1S/C25H36N2O7S/c1-6-33-22(29)25(10-13-26(14-11-25)23(30)34-24(3,4)5)17-35(31,32)21-8-7-19-9-12-27(18(2)28)16-20(19)15-21/h7-8,15H,6,9-14,16-17H2,1-5H3. The minimum Gasteiger partial charge on any atom is -0.466 e. The molecule has 0 saturated carbocycles. The molecule has 35 heavy (non-hydrogen) atoms. The van der Waals surface area contributed by atoms with Crippen LogP contribution in [0.2, 0.25) is 0 Å². The number of sulfone groups is 1. The van der Waals surface area contributed by atoms with E-state index in [2.05, 4.69) is 0 Å². The summed E-state index contributed by atoms with van der Waals surface area (Å²) in [6, 6.07) is 4.99. The zero-order valence-electron chi connectivity index (χ0n) is 21.3. The molecule has 1 aromatic rings. The Labute approximate surface area is 207 Å². The third-order valence-electron chi connectivity index (χ3n) is 6.54. The normalized spacial score (nSPS) is 18.0. The second-order valence-electron chi connectivity index (χ2n) is 10.3. The van der Waals surface area contributed by atoms with Gasteiger partial charge in [0, 0.05) is 33.1 Å². The number of benzene rings is 1. The zero-order valence-corrected chi connectivity index (χ0v) is 22.1. The highest BCUT2D eigenvalue weighted by Crippen LogP contribution is 2.37. The van der Waals surface area contributed by atoms with E-state index < -0.39 is 38.7 Å². The number of rotatable bonds is 5. The van der Waals surface area contributed by atoms with Gasteiger partial charge in [0.2, 0.25) is 5.91 Å². The Kier molecular flexibility index (Phi) is 7.83. The Morgan fingerprint density at radius 1 is 1.03 bits per heavy atom. The van der Waals surface area contributed by atoms with Crippen molar-refractivity contribution in [2.75, 3.05) is 32.0 Å². The summed E-state index contributed by atoms with van der Waals surface area (Å²) in [5.74, 6) is -1.02. The molecular weight excluding hydrogens is 472 g/mol. The van der Waals surface area contributed by atoms with Gasteiger partial charge in [-0.3, -0.25) is 9.59 Å². The Bertz CT molecular complexity index is 1080. The van der Waals surface area contributed by atoms with Crippen LogP contribution >= 0.6 is 0 Å². The van der Waals surface area contributed by atoms with E-state index in [9.17, 15) is 22.8 Å². The Balaban J connectivity index is 1.83. The van der Waals surface area contributed by atoms with Crippen LogP contribution in [0.4, 0.5) is 4.79 Å². The third-order valence-corrected chi connectivity index (χ3v) is 8.45. The molecule has 2 amide bonds. The maximum Gasteiger partial charge on any atom is 0.410 e. The second kappa shape index (κ2) is 10.2. The Hall–Kier alpha value is -2.62. The molecule has 1 aromatic carbocycles. The number of hydrogen-bond acceptors (Lipinski definition) is 7. The maximum atomic E-state index is 13.5. The minimum atomic E-state index is -3.86. The highest BCUT2D eigenvalue weighted by Gasteiger charge is 2.47. The first-order valence-electron chi connectivity index (χ1n) is 12.0. The molecule has 194 valence electrons. The molecule has 2 heterocycles. The average Bonchev–Trinajstić information content (AvgIpc) is 2.77. The number of carbonyl (C=O) groups is 3. The lowest BCUT2D eigenvalue weighted by atomic mass is 9.80. The van der Waals surface area contributed by atoms with Crippen molar-refractivity contribution in [3.05, 3.63) is 29.3 Å². The van der Waals surface area contributed by atoms with Crippen molar-refractivity contribution in [1.82, 2.24) is 9.80 Å². The quantitative estimate of drug-likeness (QED) is 0.563. The predicted octanol–water partition coefficient (Wildman–Crippen LogP) is 2.95. The van der Waals surface area contributed by atoms with Crippen LogP contribution in [0.5, 0.6) is 0 Å². The SMILES string of the molecule is CCOC(=O)C1(CS(=O)(=O)c2ccc3c(c2)CN(C(C)=O)CC3)CCN(C(=O)OC(C)(C)C)CC1. The van der Waals surface area contributed by atoms with Crippen LogP contribution in [0, 0.1) is 5.41 Å². The van der Waals surface area contributed by atoms with Crippen molar-refractivity contribution in [2.24, 2.45) is 5.41 Å². The lowest BCUT2D eigenvalue weighted by Gasteiger charge is -2.39. The predicted molar refractivity (Wildman–Crippen MR) is 129 cm³/mol. The molecule has 1 saturated heterocycles. The lowest BCUT2D eigenvalue weighted by molar-refractivity contribution is -0.156. The van der Waals surface area contributed by atoms with Crippen LogP contribution in [-0.4, -0.2) is 73.8 Å². The van der Waals surface area contributed by atoms with Gasteiger partial charge in [-0.15, -0.1) is 0 Å². The van der Waals surface area contributed by atoms with E-state index in [0.717, 1.165) is 11.1 Å². The smallest absolute Gasteiger partial charge is 0.410 e. The molecular formula is C25H36N2O7S. The molecule has 1 fully saturated rings. The fourth-order valence-corrected chi connectivity index (χ4v) is 6.48. The van der Waals surface area contributed by atoms with E-state index in [0.29, 0.717) is 19.5 Å². The van der Waals surface area contributed by atoms with Crippen molar-refractivity contribution in [3.8, 4) is 0 Å². The van der Waals surface area contributed by atoms with Gasteiger partial charge >= 0.3 is 12.1 Å². The van der Waals surface area contributed by atoms with Gasteiger partial charge in [-0.1, -0.05) is 6.07 Å². The Morgan fingerprint density at radius 3 is 2.26 bits per heavy atom. The lowest BCUT2D eigenvalue weighted by Crippen LogP contribution is -2.51. The number of likely N-dealkylation sites (tertiary alicyclic amines) is 1. The average molecular weight is 509 g/mol. The fraction of sp³-hybridized carbons (Fsp3) is 0.640. The molecule has 0 radical (unpaired) electrons. The van der Waals surface area contributed by atoms with E-state index in [1.165, 1.54) is 11.8 Å². The number of hydrogen-bond donors (Lipinski definition) is 0. The molecule has 10 heteroatoms. The van der Waals surface area contributed by atoms with Crippen LogP contribution < -0.4 is 0 Å². The van der Waals surface area contributed by atoms with Gasteiger partial charge in [-0.2, -0.15) is 0 Å². The van der Waals surface area contributed by atoms with E-state index in [-0.39, 0.29) is 43.3 Å². The van der Waals surface area contributed by atoms with Crippen molar-refractivity contribution >= 4 is 27.8 Å². The van der Waals surface area contributed by atoms with Gasteiger partial charge in [-0.05, 0) is 70.2 Å². The number of carbonyl (C=O) groups excluding carboxylic acids is 3. The molecule has 0 spiro atoms. The third kappa shape index (κ3) is 6.34. The van der Waals surface area contributed by atoms with Gasteiger partial charge < -0.3 is 19.3 Å². The monoisotopic (exact) mass is 508 g/mol. The highest BCUT2D eigenvalue weighted by molar-refractivity contribution is 7.91. The minimum absolute atomic E-state index is 0.0538. The maximum absolute atomic E-state index is 13.5. The van der Waals surface area contributed by atoms with E-state index in [1.807, 2.05) is 0 Å². The van der Waals surface area contributed by atoms with Gasteiger partial charge in [-0.25, -0.2) is 13.2 Å². The topological polar surface area (TPSA) is 110 Å². The first kappa shape index (κ1) is 27.0. The first-order valence-corrected chi connectivity index (χ1v) is 13.7. The van der Waals surface area contributed by atoms with Crippen molar-refractivity contribution in [1.29, 1.82) is 0 Å². The first-order chi connectivity index (χ1) is 16.3.